The third-order valence-corrected chi connectivity index (χ3v) is 10.4. The lowest BCUT2D eigenvalue weighted by atomic mass is 10.1. The van der Waals surface area contributed by atoms with Crippen molar-refractivity contribution in [2.45, 2.75) is 18.9 Å². The first-order valence-electron chi connectivity index (χ1n) is 21.7. The zero-order chi connectivity index (χ0) is 49.1. The van der Waals surface area contributed by atoms with Crippen molar-refractivity contribution in [1.29, 1.82) is 0 Å². The average molecular weight is 950 g/mol. The van der Waals surface area contributed by atoms with Crippen LogP contribution in [0.1, 0.15) is 33.7 Å². The number of hydrogen-bond donors (Lipinski definition) is 8. The number of benzene rings is 1. The smallest absolute Gasteiger partial charge is 0.320 e. The number of carbonyl (C=O) groups excluding carboxylic acids is 3. The van der Waals surface area contributed by atoms with Gasteiger partial charge >= 0.3 is 23.9 Å². The van der Waals surface area contributed by atoms with Crippen LogP contribution in [0.25, 0.3) is 0 Å². The summed E-state index contributed by atoms with van der Waals surface area (Å²) in [4.78, 5) is 106. The van der Waals surface area contributed by atoms with Crippen LogP contribution in [0, 0.1) is 0 Å². The monoisotopic (exact) mass is 949 g/mol. The highest BCUT2D eigenvalue weighted by atomic mass is 16.5. The Balaban J connectivity index is 1.51. The molecule has 2 aromatic rings. The second-order valence-corrected chi connectivity index (χ2v) is 15.4. The Labute approximate surface area is 386 Å². The molecule has 1 aromatic heterocycles. The van der Waals surface area contributed by atoms with Crippen LogP contribution >= 0.6 is 0 Å². The summed E-state index contributed by atoms with van der Waals surface area (Å²) in [6.45, 7) is 0.928. The van der Waals surface area contributed by atoms with E-state index < -0.39 is 60.4 Å². The first kappa shape index (κ1) is 55.1. The Morgan fingerprint density at radius 2 is 1.15 bits per heavy atom. The summed E-state index contributed by atoms with van der Waals surface area (Å²) in [5, 5.41) is 54.4. The van der Waals surface area contributed by atoms with Gasteiger partial charge in [-0.15, -0.1) is 4.73 Å². The van der Waals surface area contributed by atoms with Gasteiger partial charge in [0.05, 0.1) is 59.3 Å². The number of nitrogens with one attached hydrogen (secondary N) is 2. The number of carbonyl (C=O) groups is 7. The molecule has 0 radical (unpaired) electrons. The molecule has 0 spiro atoms. The first-order valence-corrected chi connectivity index (χ1v) is 21.7. The van der Waals surface area contributed by atoms with Crippen LogP contribution in [0.3, 0.4) is 0 Å². The van der Waals surface area contributed by atoms with Crippen LogP contribution in [0.2, 0.25) is 0 Å². The van der Waals surface area contributed by atoms with Crippen molar-refractivity contribution in [3.8, 4) is 0 Å². The largest absolute Gasteiger partial charge is 0.480 e. The molecule has 25 heteroatoms. The molecule has 9 N–H and O–H groups in total. The lowest BCUT2D eigenvalue weighted by molar-refractivity contribution is -0.145. The molecule has 3 rings (SSSR count). The molecule has 67 heavy (non-hydrogen) atoms. The van der Waals surface area contributed by atoms with Gasteiger partial charge in [0, 0.05) is 102 Å². The molecule has 1 unspecified atom stereocenters. The number of anilines is 1. The Morgan fingerprint density at radius 1 is 0.642 bits per heavy atom. The number of rotatable bonds is 28. The molecule has 1 aliphatic heterocycles. The fourth-order valence-electron chi connectivity index (χ4n) is 6.87. The lowest BCUT2D eigenvalue weighted by Crippen LogP contribution is -2.52. The van der Waals surface area contributed by atoms with Crippen LogP contribution in [-0.4, -0.2) is 240 Å². The molecule has 0 aliphatic carbocycles. The number of carboxylic acid groups (broad SMARTS) is 4. The van der Waals surface area contributed by atoms with E-state index in [0.717, 1.165) is 6.07 Å². The van der Waals surface area contributed by atoms with E-state index in [9.17, 15) is 64.0 Å². The molecule has 25 nitrogen and oxygen atoms in total. The highest BCUT2D eigenvalue weighted by Crippen LogP contribution is 2.11. The van der Waals surface area contributed by atoms with Crippen LogP contribution < -0.4 is 21.9 Å². The van der Waals surface area contributed by atoms with E-state index in [4.69, 9.17) is 19.9 Å². The maximum Gasteiger partial charge on any atom is 0.320 e. The minimum Gasteiger partial charge on any atom is -0.480 e. The number of nitrogens with two attached hydrogens (primary N) is 1. The predicted octanol–water partition coefficient (Wildman–Crippen LogP) is -2.59. The van der Waals surface area contributed by atoms with Gasteiger partial charge in [-0.25, -0.2) is 0 Å². The van der Waals surface area contributed by atoms with E-state index in [1.54, 1.807) is 43.9 Å². The lowest BCUT2D eigenvalue weighted by Gasteiger charge is -2.35. The third kappa shape index (κ3) is 21.8. The minimum atomic E-state index is -1.26. The van der Waals surface area contributed by atoms with E-state index in [2.05, 4.69) is 10.6 Å². The molecule has 1 fully saturated rings. The topological polar surface area (TPSA) is 337 Å². The van der Waals surface area contributed by atoms with Crippen molar-refractivity contribution in [1.82, 2.24) is 39.9 Å². The second kappa shape index (κ2) is 30.1. The normalized spacial score (nSPS) is 15.1. The van der Waals surface area contributed by atoms with Gasteiger partial charge in [-0.1, -0.05) is 6.07 Å². The number of ether oxygens (including phenoxy) is 3. The fourth-order valence-corrected chi connectivity index (χ4v) is 6.87. The average Bonchev–Trinajstić information content (AvgIpc) is 3.27. The Bertz CT molecular complexity index is 1940. The Kier molecular flexibility index (Phi) is 24.8. The predicted molar refractivity (Wildman–Crippen MR) is 237 cm³/mol. The van der Waals surface area contributed by atoms with Crippen LogP contribution in [0.15, 0.2) is 47.3 Å². The number of aliphatic carboxylic acids is 4. The highest BCUT2D eigenvalue weighted by Gasteiger charge is 2.29. The van der Waals surface area contributed by atoms with E-state index in [-0.39, 0.29) is 147 Å². The maximum absolute atomic E-state index is 13.5. The van der Waals surface area contributed by atoms with Crippen molar-refractivity contribution in [3.05, 3.63) is 64.1 Å². The van der Waals surface area contributed by atoms with Crippen molar-refractivity contribution >= 4 is 47.3 Å². The van der Waals surface area contributed by atoms with Gasteiger partial charge < -0.3 is 61.1 Å². The van der Waals surface area contributed by atoms with Gasteiger partial charge in [0.1, 0.15) is 11.7 Å². The molecule has 0 saturated carbocycles. The van der Waals surface area contributed by atoms with Crippen molar-refractivity contribution in [2.75, 3.05) is 144 Å². The van der Waals surface area contributed by atoms with Crippen LogP contribution in [-0.2, 0) is 38.2 Å². The molecule has 1 atom stereocenters. The summed E-state index contributed by atoms with van der Waals surface area (Å²) < 4.78 is 16.8. The summed E-state index contributed by atoms with van der Waals surface area (Å²) in [6, 6.07) is 8.90. The first-order chi connectivity index (χ1) is 32.0. The van der Waals surface area contributed by atoms with E-state index >= 15 is 0 Å². The molecular formula is C42H63N9O16. The number of nitrogens with zero attached hydrogens (tertiary/aromatic N) is 6. The SMILES string of the molecule is Nc1ccc(C(=O)NCCOCCOCCOCCN(CCNC(=O)CCC(C(=O)O)N2CCN(CC(=O)O)CCN(CC(=O)O)CCN(CC(=O)O)CC2)C(=O)c2cccc(=O)n2O)cc1. The van der Waals surface area contributed by atoms with Crippen molar-refractivity contribution in [3.63, 3.8) is 0 Å². The standard InChI is InChI=1S/C42H63N9O16/c43-32-6-4-31(5-7-32)40(60)45-11-22-65-24-26-67-27-25-66-23-21-50(41(61)33-2-1-3-36(53)51(33)64)12-10-44-35(52)9-8-34(42(62)63)49-19-17-47(29-38(56)57)15-13-46(28-37(54)55)14-16-48(18-20-49)30-39(58)59/h1-7,34,64H,8-30,43H2,(H,44,52)(H,45,60)(H,54,55)(H,56,57)(H,58,59)(H,62,63). The summed E-state index contributed by atoms with van der Waals surface area (Å²) in [7, 11) is 0. The summed E-state index contributed by atoms with van der Waals surface area (Å²) >= 11 is 0. The number of amides is 3. The third-order valence-electron chi connectivity index (χ3n) is 10.4. The zero-order valence-corrected chi connectivity index (χ0v) is 37.4. The number of hydrogen-bond acceptors (Lipinski definition) is 17. The van der Waals surface area contributed by atoms with Crippen molar-refractivity contribution < 1.29 is 73.4 Å². The quantitative estimate of drug-likeness (QED) is 0.0247. The van der Waals surface area contributed by atoms with Crippen LogP contribution in [0.4, 0.5) is 5.69 Å². The molecule has 1 aromatic carbocycles. The fraction of sp³-hybridized carbons (Fsp3) is 0.571. The van der Waals surface area contributed by atoms with Crippen molar-refractivity contribution in [2.24, 2.45) is 0 Å². The molecule has 3 amide bonds. The summed E-state index contributed by atoms with van der Waals surface area (Å²) in [5.74, 6) is -6.18. The minimum absolute atomic E-state index is 0.0141. The zero-order valence-electron chi connectivity index (χ0n) is 37.4. The second-order valence-electron chi connectivity index (χ2n) is 15.4. The summed E-state index contributed by atoms with van der Waals surface area (Å²) in [5.41, 5.74) is 5.51. The van der Waals surface area contributed by atoms with Gasteiger partial charge in [-0.3, -0.25) is 58.0 Å². The molecule has 0 bridgehead atoms. The van der Waals surface area contributed by atoms with Crippen LogP contribution in [0.5, 0.6) is 0 Å². The van der Waals surface area contributed by atoms with Gasteiger partial charge in [-0.05, 0) is 36.8 Å². The number of pyridine rings is 1. The molecular weight excluding hydrogens is 887 g/mol. The maximum atomic E-state index is 13.5. The summed E-state index contributed by atoms with van der Waals surface area (Å²) in [6.07, 6.45) is -0.451. The van der Waals surface area contributed by atoms with Gasteiger partial charge in [0.25, 0.3) is 17.4 Å². The van der Waals surface area contributed by atoms with Gasteiger partial charge in [-0.2, -0.15) is 0 Å². The number of carboxylic acids is 4. The number of nitrogen functional groups attached to an aromatic ring is 1. The van der Waals surface area contributed by atoms with Gasteiger partial charge in [0.2, 0.25) is 5.91 Å². The molecule has 1 aliphatic rings. The highest BCUT2D eigenvalue weighted by molar-refractivity contribution is 5.94. The Morgan fingerprint density at radius 3 is 1.67 bits per heavy atom. The molecule has 1 saturated heterocycles. The van der Waals surface area contributed by atoms with E-state index in [0.29, 0.717) is 17.8 Å². The van der Waals surface area contributed by atoms with Gasteiger partial charge in [0.15, 0.2) is 0 Å². The number of aromatic nitrogens is 1. The molecule has 2 heterocycles. The molecule has 372 valence electrons. The van der Waals surface area contributed by atoms with E-state index in [1.807, 2.05) is 0 Å². The Hall–Kier alpha value is -6.22. The van der Waals surface area contributed by atoms with E-state index in [1.165, 1.54) is 17.0 Å².